The molecule has 2 amide bonds. The van der Waals surface area contributed by atoms with E-state index in [-0.39, 0.29) is 5.11 Å². The highest BCUT2D eigenvalue weighted by atomic mass is 35.5. The SMILES string of the molecule is O=C1NC(=S)N(c2ccc(Oc3ccccc3)cc2)C(=O)C1=Cc1c(F)ccc(F)c1Cl. The topological polar surface area (TPSA) is 58.6 Å². The number of nitrogens with one attached hydrogen (secondary N) is 1. The van der Waals surface area contributed by atoms with Crippen LogP contribution >= 0.6 is 23.8 Å². The average Bonchev–Trinajstić information content (AvgIpc) is 2.77. The van der Waals surface area contributed by atoms with Crippen molar-refractivity contribution in [2.45, 2.75) is 0 Å². The molecule has 3 aromatic carbocycles. The average molecular weight is 471 g/mol. The number of hydrogen-bond acceptors (Lipinski definition) is 4. The van der Waals surface area contributed by atoms with Gasteiger partial charge in [0.2, 0.25) is 0 Å². The molecule has 32 heavy (non-hydrogen) atoms. The first-order valence-electron chi connectivity index (χ1n) is 9.23. The van der Waals surface area contributed by atoms with E-state index >= 15 is 0 Å². The second kappa shape index (κ2) is 8.86. The van der Waals surface area contributed by atoms with Crippen LogP contribution < -0.4 is 15.0 Å². The lowest BCUT2D eigenvalue weighted by Gasteiger charge is -2.29. The Hall–Kier alpha value is -3.62. The summed E-state index contributed by atoms with van der Waals surface area (Å²) in [5, 5.41) is 1.68. The normalized spacial score (nSPS) is 15.2. The fourth-order valence-corrected chi connectivity index (χ4v) is 3.49. The van der Waals surface area contributed by atoms with Crippen molar-refractivity contribution in [2.75, 3.05) is 4.90 Å². The Balaban J connectivity index is 1.65. The number of rotatable bonds is 4. The van der Waals surface area contributed by atoms with Crippen LogP contribution in [0.3, 0.4) is 0 Å². The zero-order valence-electron chi connectivity index (χ0n) is 16.1. The van der Waals surface area contributed by atoms with E-state index in [9.17, 15) is 18.4 Å². The molecule has 5 nitrogen and oxygen atoms in total. The third kappa shape index (κ3) is 4.23. The van der Waals surface area contributed by atoms with Crippen LogP contribution in [0.25, 0.3) is 6.08 Å². The number of hydrogen-bond donors (Lipinski definition) is 1. The third-order valence-corrected chi connectivity index (χ3v) is 5.21. The minimum absolute atomic E-state index is 0.153. The summed E-state index contributed by atoms with van der Waals surface area (Å²) in [5.74, 6) is -2.27. The molecule has 0 aromatic heterocycles. The van der Waals surface area contributed by atoms with Crippen LogP contribution in [-0.2, 0) is 9.59 Å². The van der Waals surface area contributed by atoms with Gasteiger partial charge in [-0.1, -0.05) is 29.8 Å². The maximum Gasteiger partial charge on any atom is 0.270 e. The van der Waals surface area contributed by atoms with Crippen molar-refractivity contribution in [2.24, 2.45) is 0 Å². The van der Waals surface area contributed by atoms with E-state index in [1.807, 2.05) is 18.2 Å². The first-order valence-corrected chi connectivity index (χ1v) is 10.0. The molecular weight excluding hydrogens is 458 g/mol. The summed E-state index contributed by atoms with van der Waals surface area (Å²) in [4.78, 5) is 26.5. The molecule has 4 rings (SSSR count). The number of anilines is 1. The molecule has 160 valence electrons. The lowest BCUT2D eigenvalue weighted by atomic mass is 10.1. The standard InChI is InChI=1S/C23H13ClF2N2O3S/c24-20-16(18(25)10-11-19(20)26)12-17-21(29)27-23(32)28(22(17)30)13-6-8-15(9-7-13)31-14-4-2-1-3-5-14/h1-12H,(H,27,29,32). The van der Waals surface area contributed by atoms with Crippen molar-refractivity contribution in [3.05, 3.63) is 94.5 Å². The Bertz CT molecular complexity index is 1260. The van der Waals surface area contributed by atoms with Crippen molar-refractivity contribution < 1.29 is 23.1 Å². The molecule has 1 saturated heterocycles. The molecule has 0 radical (unpaired) electrons. The summed E-state index contributed by atoms with van der Waals surface area (Å²) in [6.07, 6.45) is 0.903. The van der Waals surface area contributed by atoms with Crippen molar-refractivity contribution in [1.29, 1.82) is 0 Å². The zero-order chi connectivity index (χ0) is 22.8. The highest BCUT2D eigenvalue weighted by Crippen LogP contribution is 2.29. The molecule has 1 aliphatic rings. The molecule has 3 aromatic rings. The molecule has 1 heterocycles. The van der Waals surface area contributed by atoms with E-state index in [1.54, 1.807) is 36.4 Å². The van der Waals surface area contributed by atoms with Crippen LogP contribution in [0.5, 0.6) is 11.5 Å². The van der Waals surface area contributed by atoms with Crippen LogP contribution in [0, 0.1) is 11.6 Å². The summed E-state index contributed by atoms with van der Waals surface area (Å²) < 4.78 is 33.6. The summed E-state index contributed by atoms with van der Waals surface area (Å²) in [6.45, 7) is 0. The molecule has 1 fully saturated rings. The quantitative estimate of drug-likeness (QED) is 0.245. The van der Waals surface area contributed by atoms with E-state index in [0.717, 1.165) is 23.1 Å². The summed E-state index contributed by atoms with van der Waals surface area (Å²) in [7, 11) is 0. The van der Waals surface area contributed by atoms with Crippen LogP contribution in [0.2, 0.25) is 5.02 Å². The summed E-state index contributed by atoms with van der Waals surface area (Å²) in [6, 6.07) is 17.2. The van der Waals surface area contributed by atoms with E-state index in [0.29, 0.717) is 17.2 Å². The first kappa shape index (κ1) is 21.6. The molecule has 1 aliphatic heterocycles. The number of thiocarbonyl (C=S) groups is 1. The predicted octanol–water partition coefficient (Wildman–Crippen LogP) is 5.24. The van der Waals surface area contributed by atoms with Gasteiger partial charge in [-0.2, -0.15) is 0 Å². The fourth-order valence-electron chi connectivity index (χ4n) is 3.00. The molecule has 9 heteroatoms. The van der Waals surface area contributed by atoms with Gasteiger partial charge < -0.3 is 4.74 Å². The van der Waals surface area contributed by atoms with Crippen molar-refractivity contribution in [3.8, 4) is 11.5 Å². The van der Waals surface area contributed by atoms with E-state index in [4.69, 9.17) is 28.6 Å². The third-order valence-electron chi connectivity index (χ3n) is 4.54. The van der Waals surface area contributed by atoms with Crippen molar-refractivity contribution in [1.82, 2.24) is 5.32 Å². The highest BCUT2D eigenvalue weighted by Gasteiger charge is 2.35. The van der Waals surface area contributed by atoms with Crippen molar-refractivity contribution in [3.63, 3.8) is 0 Å². The van der Waals surface area contributed by atoms with Crippen LogP contribution in [0.1, 0.15) is 5.56 Å². The van der Waals surface area contributed by atoms with Gasteiger partial charge in [0.15, 0.2) is 5.11 Å². The van der Waals surface area contributed by atoms with Gasteiger partial charge in [0.05, 0.1) is 10.7 Å². The molecular formula is C23H13ClF2N2O3S. The molecule has 1 N–H and O–H groups in total. The molecule has 0 unspecified atom stereocenters. The largest absolute Gasteiger partial charge is 0.457 e. The first-order chi connectivity index (χ1) is 15.3. The number of ether oxygens (including phenoxy) is 1. The van der Waals surface area contributed by atoms with Gasteiger partial charge in [-0.05, 0) is 66.8 Å². The second-order valence-electron chi connectivity index (χ2n) is 6.62. The summed E-state index contributed by atoms with van der Waals surface area (Å²) >= 11 is 11.0. The number of benzene rings is 3. The molecule has 0 aliphatic carbocycles. The van der Waals surface area contributed by atoms with Gasteiger partial charge in [0, 0.05) is 5.56 Å². The number of carbonyl (C=O) groups excluding carboxylic acids is 2. The van der Waals surface area contributed by atoms with Gasteiger partial charge in [-0.3, -0.25) is 19.8 Å². The van der Waals surface area contributed by atoms with Crippen LogP contribution in [0.15, 0.2) is 72.3 Å². The van der Waals surface area contributed by atoms with E-state index < -0.39 is 39.6 Å². The minimum atomic E-state index is -0.884. The van der Waals surface area contributed by atoms with Gasteiger partial charge in [0.1, 0.15) is 28.7 Å². The number of nitrogens with zero attached hydrogens (tertiary/aromatic N) is 1. The van der Waals surface area contributed by atoms with Crippen molar-refractivity contribution >= 4 is 52.5 Å². The number of halogens is 3. The molecule has 0 spiro atoms. The van der Waals surface area contributed by atoms with E-state index in [2.05, 4.69) is 5.32 Å². The smallest absolute Gasteiger partial charge is 0.270 e. The van der Waals surface area contributed by atoms with Gasteiger partial charge in [-0.25, -0.2) is 8.78 Å². The maximum absolute atomic E-state index is 14.2. The number of para-hydroxylation sites is 1. The number of amides is 2. The highest BCUT2D eigenvalue weighted by molar-refractivity contribution is 7.80. The molecule has 0 bridgehead atoms. The predicted molar refractivity (Wildman–Crippen MR) is 121 cm³/mol. The lowest BCUT2D eigenvalue weighted by molar-refractivity contribution is -0.122. The molecule has 0 saturated carbocycles. The maximum atomic E-state index is 14.2. The minimum Gasteiger partial charge on any atom is -0.457 e. The number of carbonyl (C=O) groups is 2. The van der Waals surface area contributed by atoms with E-state index in [1.165, 1.54) is 0 Å². The fraction of sp³-hybridized carbons (Fsp3) is 0. The second-order valence-corrected chi connectivity index (χ2v) is 7.39. The lowest BCUT2D eigenvalue weighted by Crippen LogP contribution is -2.54. The zero-order valence-corrected chi connectivity index (χ0v) is 17.7. The Kier molecular flexibility index (Phi) is 5.98. The van der Waals surface area contributed by atoms with Gasteiger partial charge in [0.25, 0.3) is 11.8 Å². The Morgan fingerprint density at radius 1 is 0.906 bits per heavy atom. The Morgan fingerprint density at radius 2 is 1.53 bits per heavy atom. The van der Waals surface area contributed by atoms with Crippen LogP contribution in [0.4, 0.5) is 14.5 Å². The Morgan fingerprint density at radius 3 is 2.22 bits per heavy atom. The van der Waals surface area contributed by atoms with Gasteiger partial charge >= 0.3 is 0 Å². The van der Waals surface area contributed by atoms with Crippen LogP contribution in [-0.4, -0.2) is 16.9 Å². The molecule has 0 atom stereocenters. The summed E-state index contributed by atoms with van der Waals surface area (Å²) in [5.41, 5.74) is -0.517. The van der Waals surface area contributed by atoms with Gasteiger partial charge in [-0.15, -0.1) is 0 Å². The Labute approximate surface area is 191 Å². The monoisotopic (exact) mass is 470 g/mol.